The van der Waals surface area contributed by atoms with Crippen molar-refractivity contribution >= 4 is 29.3 Å². The first kappa shape index (κ1) is 29.0. The third-order valence-corrected chi connectivity index (χ3v) is 8.70. The van der Waals surface area contributed by atoms with Crippen LogP contribution in [0, 0.1) is 11.7 Å². The molecule has 0 aromatic heterocycles. The summed E-state index contributed by atoms with van der Waals surface area (Å²) in [6.45, 7) is 3.14. The molecule has 11 atom stereocenters. The zero-order valence-electron chi connectivity index (χ0n) is 20.9. The van der Waals surface area contributed by atoms with Gasteiger partial charge in [-0.3, -0.25) is 4.79 Å². The molecule has 3 fully saturated rings. The average molecular weight is 562 g/mol. The van der Waals surface area contributed by atoms with Crippen molar-refractivity contribution in [2.24, 2.45) is 5.92 Å². The normalized spacial score (nSPS) is 37.9. The van der Waals surface area contributed by atoms with Gasteiger partial charge in [-0.05, 0) is 32.1 Å². The van der Waals surface area contributed by atoms with Gasteiger partial charge in [-0.25, -0.2) is 4.39 Å². The molecule has 4 rings (SSSR count). The molecule has 0 aliphatic carbocycles. The Labute approximate surface area is 225 Å². The number of aliphatic hydroxyl groups is 3. The number of amides is 1. The number of halogens is 2. The standard InChI is InChI=1S/C25H37ClFN3O6S/c1-12(26)17(23-20(32)19(31)21(33)25(36-23)37-2)30-24(34)18-22-14(11-29-18)9-15(7-8-35-22)28-10-13-5-3-4-6-16(13)27/h3-6,12,14-15,17-23,25,28-29,31-33H,7-11H2,1-2H3,(H,30,34)/t12-,14-,15?,17+,18-,19?,20?,21?,22+,23?,25?/m0/s1. The fraction of sp³-hybridized carbons (Fsp3) is 0.720. The summed E-state index contributed by atoms with van der Waals surface area (Å²) in [6, 6.07) is 5.37. The van der Waals surface area contributed by atoms with Gasteiger partial charge in [0.15, 0.2) is 0 Å². The molecule has 1 aromatic carbocycles. The Hall–Kier alpha value is -1.02. The van der Waals surface area contributed by atoms with E-state index in [9.17, 15) is 24.5 Å². The molecule has 9 nitrogen and oxygen atoms in total. The Morgan fingerprint density at radius 1 is 1.27 bits per heavy atom. The summed E-state index contributed by atoms with van der Waals surface area (Å²) >= 11 is 7.60. The minimum atomic E-state index is -1.43. The number of carbonyl (C=O) groups excluding carboxylic acids is 1. The number of benzene rings is 1. The minimum absolute atomic E-state index is 0.0811. The van der Waals surface area contributed by atoms with Crippen LogP contribution in [0.2, 0.25) is 0 Å². The molecule has 0 saturated carbocycles. The van der Waals surface area contributed by atoms with Crippen molar-refractivity contribution in [2.75, 3.05) is 19.4 Å². The van der Waals surface area contributed by atoms with Crippen LogP contribution in [-0.4, -0.2) is 100 Å². The Bertz CT molecular complexity index is 917. The van der Waals surface area contributed by atoms with Gasteiger partial charge in [0.2, 0.25) is 5.91 Å². The number of carbonyl (C=O) groups is 1. The number of fused-ring (bicyclic) bond motifs is 1. The molecule has 3 aliphatic heterocycles. The lowest BCUT2D eigenvalue weighted by Gasteiger charge is -2.44. The van der Waals surface area contributed by atoms with Crippen molar-refractivity contribution in [2.45, 2.75) is 85.8 Å². The van der Waals surface area contributed by atoms with Crippen LogP contribution in [0.4, 0.5) is 4.39 Å². The molecule has 1 amide bonds. The van der Waals surface area contributed by atoms with Gasteiger partial charge in [-0.2, -0.15) is 0 Å². The smallest absolute Gasteiger partial charge is 0.240 e. The van der Waals surface area contributed by atoms with Crippen LogP contribution in [0.15, 0.2) is 24.3 Å². The van der Waals surface area contributed by atoms with Crippen LogP contribution >= 0.6 is 23.4 Å². The molecule has 208 valence electrons. The SMILES string of the molecule is CSC1OC([C@H](NC(=O)[C@H]2NC[C@@H]3CC(NCc4ccccc4F)CCO[C@H]32)[C@H](C)Cl)C(O)C(O)C1O. The molecule has 0 radical (unpaired) electrons. The molecular weight excluding hydrogens is 525 g/mol. The summed E-state index contributed by atoms with van der Waals surface area (Å²) in [5.41, 5.74) is -0.160. The third-order valence-electron chi connectivity index (χ3n) is 7.58. The van der Waals surface area contributed by atoms with Gasteiger partial charge < -0.3 is 40.7 Å². The summed E-state index contributed by atoms with van der Waals surface area (Å²) in [7, 11) is 0. The van der Waals surface area contributed by atoms with Crippen LogP contribution in [0.3, 0.4) is 0 Å². The maximum atomic E-state index is 14.0. The fourth-order valence-corrected chi connectivity index (χ4v) is 6.35. The van der Waals surface area contributed by atoms with E-state index in [1.54, 1.807) is 25.3 Å². The van der Waals surface area contributed by atoms with Gasteiger partial charge in [0, 0.05) is 37.2 Å². The number of ether oxygens (including phenoxy) is 2. The summed E-state index contributed by atoms with van der Waals surface area (Å²) < 4.78 is 26.0. The lowest BCUT2D eigenvalue weighted by Crippen LogP contribution is -2.65. The number of thioether (sulfide) groups is 1. The first-order valence-corrected chi connectivity index (χ1v) is 14.4. The Morgan fingerprint density at radius 2 is 2.03 bits per heavy atom. The van der Waals surface area contributed by atoms with E-state index in [2.05, 4.69) is 16.0 Å². The van der Waals surface area contributed by atoms with Crippen molar-refractivity contribution < 1.29 is 34.0 Å². The maximum Gasteiger partial charge on any atom is 0.240 e. The summed E-state index contributed by atoms with van der Waals surface area (Å²) in [6.07, 6.45) is -2.24. The van der Waals surface area contributed by atoms with Crippen molar-refractivity contribution in [1.82, 2.24) is 16.0 Å². The van der Waals surface area contributed by atoms with Gasteiger partial charge in [0.05, 0.1) is 17.5 Å². The second-order valence-corrected chi connectivity index (χ2v) is 11.7. The average Bonchev–Trinajstić information content (AvgIpc) is 3.16. The van der Waals surface area contributed by atoms with Crippen molar-refractivity contribution in [3.05, 3.63) is 35.6 Å². The van der Waals surface area contributed by atoms with Crippen molar-refractivity contribution in [3.8, 4) is 0 Å². The van der Waals surface area contributed by atoms with E-state index in [1.807, 2.05) is 6.07 Å². The van der Waals surface area contributed by atoms with Gasteiger partial charge in [0.1, 0.15) is 41.7 Å². The summed E-state index contributed by atoms with van der Waals surface area (Å²) in [5, 5.41) is 40.1. The van der Waals surface area contributed by atoms with E-state index in [0.29, 0.717) is 25.3 Å². The van der Waals surface area contributed by atoms with Crippen LogP contribution in [0.1, 0.15) is 25.3 Å². The van der Waals surface area contributed by atoms with E-state index < -0.39 is 47.3 Å². The largest absolute Gasteiger partial charge is 0.388 e. The number of rotatable bonds is 8. The van der Waals surface area contributed by atoms with Crippen LogP contribution in [-0.2, 0) is 20.8 Å². The molecule has 6 N–H and O–H groups in total. The lowest BCUT2D eigenvalue weighted by atomic mass is 9.92. The van der Waals surface area contributed by atoms with Gasteiger partial charge in [0.25, 0.3) is 0 Å². The third kappa shape index (κ3) is 6.59. The predicted molar refractivity (Wildman–Crippen MR) is 139 cm³/mol. The number of aliphatic hydroxyl groups excluding tert-OH is 3. The van der Waals surface area contributed by atoms with Gasteiger partial charge >= 0.3 is 0 Å². The second kappa shape index (κ2) is 12.9. The quantitative estimate of drug-likeness (QED) is 0.249. The molecular formula is C25H37ClFN3O6S. The highest BCUT2D eigenvalue weighted by Crippen LogP contribution is 2.31. The molecule has 3 heterocycles. The number of hydrogen-bond acceptors (Lipinski definition) is 9. The molecule has 0 bridgehead atoms. The molecule has 3 aliphatic rings. The highest BCUT2D eigenvalue weighted by molar-refractivity contribution is 7.99. The predicted octanol–water partition coefficient (Wildman–Crippen LogP) is 0.334. The highest BCUT2D eigenvalue weighted by Gasteiger charge is 2.49. The van der Waals surface area contributed by atoms with E-state index in [-0.39, 0.29) is 29.8 Å². The van der Waals surface area contributed by atoms with Gasteiger partial charge in [-0.15, -0.1) is 23.4 Å². The van der Waals surface area contributed by atoms with E-state index in [4.69, 9.17) is 21.1 Å². The zero-order valence-corrected chi connectivity index (χ0v) is 22.5. The topological polar surface area (TPSA) is 132 Å². The molecule has 6 unspecified atom stereocenters. The molecule has 1 aromatic rings. The van der Waals surface area contributed by atoms with Crippen molar-refractivity contribution in [3.63, 3.8) is 0 Å². The monoisotopic (exact) mass is 561 g/mol. The fourth-order valence-electron chi connectivity index (χ4n) is 5.46. The van der Waals surface area contributed by atoms with E-state index in [1.165, 1.54) is 17.8 Å². The van der Waals surface area contributed by atoms with Crippen LogP contribution in [0.5, 0.6) is 0 Å². The summed E-state index contributed by atoms with van der Waals surface area (Å²) in [5.74, 6) is -0.490. The number of hydrogen-bond donors (Lipinski definition) is 6. The van der Waals surface area contributed by atoms with Gasteiger partial charge in [-0.1, -0.05) is 18.2 Å². The second-order valence-electron chi connectivity index (χ2n) is 10.1. The molecule has 37 heavy (non-hydrogen) atoms. The van der Waals surface area contributed by atoms with E-state index >= 15 is 0 Å². The first-order chi connectivity index (χ1) is 17.7. The Kier molecular flexibility index (Phi) is 10.1. The Balaban J connectivity index is 1.37. The minimum Gasteiger partial charge on any atom is -0.388 e. The zero-order chi connectivity index (χ0) is 26.7. The number of alkyl halides is 1. The molecule has 12 heteroatoms. The molecule has 0 spiro atoms. The number of nitrogens with one attached hydrogen (secondary N) is 3. The lowest BCUT2D eigenvalue weighted by molar-refractivity contribution is -0.205. The van der Waals surface area contributed by atoms with E-state index in [0.717, 1.165) is 12.8 Å². The van der Waals surface area contributed by atoms with Crippen molar-refractivity contribution in [1.29, 1.82) is 0 Å². The van der Waals surface area contributed by atoms with Crippen LogP contribution < -0.4 is 16.0 Å². The highest BCUT2D eigenvalue weighted by atomic mass is 35.5. The Morgan fingerprint density at radius 3 is 2.73 bits per heavy atom. The first-order valence-electron chi connectivity index (χ1n) is 12.7. The summed E-state index contributed by atoms with van der Waals surface area (Å²) in [4.78, 5) is 13.4. The maximum absolute atomic E-state index is 14.0. The van der Waals surface area contributed by atoms with Crippen LogP contribution in [0.25, 0.3) is 0 Å². The molecule has 3 saturated heterocycles.